The van der Waals surface area contributed by atoms with Crippen molar-refractivity contribution in [2.75, 3.05) is 13.2 Å². The van der Waals surface area contributed by atoms with Crippen LogP contribution in [0.4, 0.5) is 26.3 Å². The van der Waals surface area contributed by atoms with Gasteiger partial charge in [-0.05, 0) is 37.5 Å². The molecule has 0 saturated heterocycles. The van der Waals surface area contributed by atoms with Crippen LogP contribution < -0.4 is 5.32 Å². The van der Waals surface area contributed by atoms with Gasteiger partial charge in [-0.15, -0.1) is 0 Å². The fraction of sp³-hybridized carbons (Fsp3) is 0.524. The lowest BCUT2D eigenvalue weighted by atomic mass is 9.98. The lowest BCUT2D eigenvalue weighted by Crippen LogP contribution is -2.28. The Balaban J connectivity index is 1.69. The second kappa shape index (κ2) is 9.93. The van der Waals surface area contributed by atoms with Gasteiger partial charge < -0.3 is 10.1 Å². The molecule has 5 nitrogen and oxygen atoms in total. The molecule has 1 saturated carbocycles. The number of benzene rings is 1. The van der Waals surface area contributed by atoms with E-state index in [1.807, 2.05) is 0 Å². The third kappa shape index (κ3) is 6.02. The molecule has 1 aromatic carbocycles. The molecule has 11 heteroatoms. The van der Waals surface area contributed by atoms with Gasteiger partial charge in [0.2, 0.25) is 0 Å². The molecule has 32 heavy (non-hydrogen) atoms. The highest BCUT2D eigenvalue weighted by atomic mass is 19.4. The van der Waals surface area contributed by atoms with Gasteiger partial charge in [0, 0.05) is 13.2 Å². The zero-order valence-corrected chi connectivity index (χ0v) is 17.1. The number of aromatic nitrogens is 2. The number of hydrogen-bond acceptors (Lipinski definition) is 3. The number of rotatable bonds is 7. The Morgan fingerprint density at radius 2 is 1.81 bits per heavy atom. The average molecular weight is 463 g/mol. The number of nitrogens with zero attached hydrogens (tertiary/aromatic N) is 2. The molecule has 1 heterocycles. The van der Waals surface area contributed by atoms with Gasteiger partial charge in [-0.3, -0.25) is 4.79 Å². The Labute approximate surface area is 180 Å². The van der Waals surface area contributed by atoms with Crippen LogP contribution in [-0.2, 0) is 17.1 Å². The van der Waals surface area contributed by atoms with E-state index < -0.39 is 40.8 Å². The molecule has 1 amide bonds. The van der Waals surface area contributed by atoms with Crippen molar-refractivity contribution in [2.45, 2.75) is 57.0 Å². The molecule has 1 aliphatic rings. The maximum atomic E-state index is 13.7. The first kappa shape index (κ1) is 24.1. The first-order chi connectivity index (χ1) is 15.1. The highest BCUT2D eigenvalue weighted by Crippen LogP contribution is 2.35. The summed E-state index contributed by atoms with van der Waals surface area (Å²) in [7, 11) is 0. The van der Waals surface area contributed by atoms with Crippen molar-refractivity contribution >= 4 is 5.91 Å². The summed E-state index contributed by atoms with van der Waals surface area (Å²) in [5.74, 6) is -1.01. The highest BCUT2D eigenvalue weighted by Gasteiger charge is 2.41. The number of halogens is 6. The van der Waals surface area contributed by atoms with Gasteiger partial charge in [0.1, 0.15) is 0 Å². The van der Waals surface area contributed by atoms with Crippen LogP contribution in [0.1, 0.15) is 60.1 Å². The minimum absolute atomic E-state index is 0.0948. The molecule has 1 aromatic heterocycles. The van der Waals surface area contributed by atoms with Crippen molar-refractivity contribution in [2.24, 2.45) is 0 Å². The van der Waals surface area contributed by atoms with E-state index in [1.54, 1.807) is 0 Å². The van der Waals surface area contributed by atoms with Crippen molar-refractivity contribution < 1.29 is 35.9 Å². The van der Waals surface area contributed by atoms with Gasteiger partial charge in [0.05, 0.1) is 29.1 Å². The van der Waals surface area contributed by atoms with E-state index in [4.69, 9.17) is 4.74 Å². The van der Waals surface area contributed by atoms with Crippen LogP contribution >= 0.6 is 0 Å². The maximum Gasteiger partial charge on any atom is 0.434 e. The van der Waals surface area contributed by atoms with Crippen molar-refractivity contribution in [3.8, 4) is 5.69 Å². The molecule has 3 rings (SSSR count). The predicted octanol–water partition coefficient (Wildman–Crippen LogP) is 5.38. The van der Waals surface area contributed by atoms with Gasteiger partial charge in [-0.1, -0.05) is 25.3 Å². The first-order valence-electron chi connectivity index (χ1n) is 10.3. The van der Waals surface area contributed by atoms with Crippen molar-refractivity contribution in [3.05, 3.63) is 47.3 Å². The second-order valence-corrected chi connectivity index (χ2v) is 7.60. The lowest BCUT2D eigenvalue weighted by Gasteiger charge is -2.21. The summed E-state index contributed by atoms with van der Waals surface area (Å²) in [5, 5.41) is 5.94. The van der Waals surface area contributed by atoms with Crippen LogP contribution in [0.5, 0.6) is 0 Å². The number of hydrogen-bond donors (Lipinski definition) is 1. The van der Waals surface area contributed by atoms with Crippen LogP contribution in [0, 0.1) is 0 Å². The standard InChI is InChI=1S/C21H23F6N3O2/c22-20(23,24)14-6-4-7-15(12-14)30-18(21(25,26)27)17(13-29-30)19(31)28-10-5-11-32-16-8-2-1-3-9-16/h4,6-7,12-13,16H,1-3,5,8-11H2,(H,28,31). The molecule has 1 aliphatic carbocycles. The Bertz CT molecular complexity index is 917. The number of carbonyl (C=O) groups excluding carboxylic acids is 1. The summed E-state index contributed by atoms with van der Waals surface area (Å²) in [5.41, 5.74) is -3.77. The van der Waals surface area contributed by atoms with Gasteiger partial charge in [0.25, 0.3) is 5.91 Å². The molecular weight excluding hydrogens is 440 g/mol. The molecule has 0 aliphatic heterocycles. The number of nitrogens with one attached hydrogen (secondary N) is 1. The Morgan fingerprint density at radius 3 is 2.47 bits per heavy atom. The Kier molecular flexibility index (Phi) is 7.47. The minimum Gasteiger partial charge on any atom is -0.378 e. The molecule has 0 atom stereocenters. The molecule has 1 N–H and O–H groups in total. The number of carbonyl (C=O) groups is 1. The molecule has 1 fully saturated rings. The third-order valence-electron chi connectivity index (χ3n) is 5.21. The van der Waals surface area contributed by atoms with E-state index in [2.05, 4.69) is 10.4 Å². The topological polar surface area (TPSA) is 56.1 Å². The van der Waals surface area contributed by atoms with Crippen LogP contribution in [-0.4, -0.2) is 34.9 Å². The summed E-state index contributed by atoms with van der Waals surface area (Å²) in [4.78, 5) is 12.4. The highest BCUT2D eigenvalue weighted by molar-refractivity contribution is 5.95. The van der Waals surface area contributed by atoms with E-state index in [0.717, 1.165) is 43.9 Å². The molecule has 176 valence electrons. The zero-order chi connectivity index (χ0) is 23.4. The normalized spacial score (nSPS) is 15.7. The van der Waals surface area contributed by atoms with Crippen molar-refractivity contribution in [1.82, 2.24) is 15.1 Å². The minimum atomic E-state index is -5.01. The zero-order valence-electron chi connectivity index (χ0n) is 17.1. The largest absolute Gasteiger partial charge is 0.434 e. The van der Waals surface area contributed by atoms with E-state index in [0.29, 0.717) is 30.0 Å². The van der Waals surface area contributed by atoms with Crippen LogP contribution in [0.15, 0.2) is 30.5 Å². The summed E-state index contributed by atoms with van der Waals surface area (Å²) < 4.78 is 85.9. The van der Waals surface area contributed by atoms with Gasteiger partial charge >= 0.3 is 12.4 Å². The first-order valence-corrected chi connectivity index (χ1v) is 10.3. The van der Waals surface area contributed by atoms with Gasteiger partial charge in [0.15, 0.2) is 5.69 Å². The monoisotopic (exact) mass is 463 g/mol. The number of amides is 1. The van der Waals surface area contributed by atoms with Gasteiger partial charge in [-0.25, -0.2) is 4.68 Å². The second-order valence-electron chi connectivity index (χ2n) is 7.60. The van der Waals surface area contributed by atoms with E-state index >= 15 is 0 Å². The lowest BCUT2D eigenvalue weighted by molar-refractivity contribution is -0.143. The molecular formula is C21H23F6N3O2. The fourth-order valence-corrected chi connectivity index (χ4v) is 3.65. The summed E-state index contributed by atoms with van der Waals surface area (Å²) >= 11 is 0. The van der Waals surface area contributed by atoms with Crippen LogP contribution in [0.2, 0.25) is 0 Å². The molecule has 2 aromatic rings. The number of alkyl halides is 6. The molecule has 0 bridgehead atoms. The summed E-state index contributed by atoms with van der Waals surface area (Å²) in [6.45, 7) is 0.470. The van der Waals surface area contributed by atoms with Crippen molar-refractivity contribution in [1.29, 1.82) is 0 Å². The summed E-state index contributed by atoms with van der Waals surface area (Å²) in [6.07, 6.45) is -3.07. The van der Waals surface area contributed by atoms with Crippen LogP contribution in [0.3, 0.4) is 0 Å². The van der Waals surface area contributed by atoms with E-state index in [1.165, 1.54) is 6.42 Å². The summed E-state index contributed by atoms with van der Waals surface area (Å²) in [6, 6.07) is 3.32. The predicted molar refractivity (Wildman–Crippen MR) is 103 cm³/mol. The Morgan fingerprint density at radius 1 is 1.09 bits per heavy atom. The molecule has 0 unspecified atom stereocenters. The van der Waals surface area contributed by atoms with Gasteiger partial charge in [-0.2, -0.15) is 31.4 Å². The SMILES string of the molecule is O=C(NCCCOC1CCCCC1)c1cnn(-c2cccc(C(F)(F)F)c2)c1C(F)(F)F. The fourth-order valence-electron chi connectivity index (χ4n) is 3.65. The quantitative estimate of drug-likeness (QED) is 0.443. The third-order valence-corrected chi connectivity index (χ3v) is 5.21. The maximum absolute atomic E-state index is 13.7. The van der Waals surface area contributed by atoms with Crippen LogP contribution in [0.25, 0.3) is 5.69 Å². The number of ether oxygens (including phenoxy) is 1. The smallest absolute Gasteiger partial charge is 0.378 e. The van der Waals surface area contributed by atoms with E-state index in [-0.39, 0.29) is 12.6 Å². The average Bonchev–Trinajstić information content (AvgIpc) is 3.20. The molecule has 0 radical (unpaired) electrons. The molecule has 0 spiro atoms. The van der Waals surface area contributed by atoms with E-state index in [9.17, 15) is 31.1 Å². The Hall–Kier alpha value is -2.56. The van der Waals surface area contributed by atoms with Crippen molar-refractivity contribution in [3.63, 3.8) is 0 Å².